The molecule has 0 spiro atoms. The van der Waals surface area contributed by atoms with Crippen molar-refractivity contribution >= 4 is 10.8 Å². The molecule has 0 fully saturated rings. The molecule has 0 bridgehead atoms. The fourth-order valence-corrected chi connectivity index (χ4v) is 0.904. The van der Waals surface area contributed by atoms with Crippen LogP contribution in [0.5, 0.6) is 0 Å². The molecule has 0 aliphatic heterocycles. The van der Waals surface area contributed by atoms with E-state index in [1.165, 1.54) is 0 Å². The molecule has 0 saturated carbocycles. The second-order valence-corrected chi connectivity index (χ2v) is 2.05. The summed E-state index contributed by atoms with van der Waals surface area (Å²) >= 11 is 0. The highest BCUT2D eigenvalue weighted by molar-refractivity contribution is 5.79. The molecule has 1 heteroatoms. The van der Waals surface area contributed by atoms with Gasteiger partial charge in [-0.05, 0) is 17.5 Å². The molecule has 2 aromatic rings. The Morgan fingerprint density at radius 3 is 3.10 bits per heavy atom. The van der Waals surface area contributed by atoms with Crippen LogP contribution in [-0.2, 0) is 0 Å². The molecule has 10 heavy (non-hydrogen) atoms. The van der Waals surface area contributed by atoms with Gasteiger partial charge in [0, 0.05) is 11.6 Å². The van der Waals surface area contributed by atoms with Crippen molar-refractivity contribution in [2.45, 2.75) is 0 Å². The number of hydrogen-bond acceptors (Lipinski definition) is 1. The lowest BCUT2D eigenvalue weighted by Gasteiger charge is -1.90. The summed E-state index contributed by atoms with van der Waals surface area (Å²) in [6.07, 6.45) is 4.59. The van der Waals surface area contributed by atoms with Gasteiger partial charge in [-0.1, -0.05) is 18.2 Å². The SMILES string of the molecule is [c]1nccc2[c]cccc12. The molecule has 2 radical (unpaired) electrons. The van der Waals surface area contributed by atoms with E-state index in [0.29, 0.717) is 0 Å². The lowest BCUT2D eigenvalue weighted by molar-refractivity contribution is 1.35. The van der Waals surface area contributed by atoms with Crippen molar-refractivity contribution < 1.29 is 0 Å². The molecular weight excluding hydrogens is 122 g/mol. The fourth-order valence-electron chi connectivity index (χ4n) is 0.904. The Bertz CT molecular complexity index is 276. The van der Waals surface area contributed by atoms with Gasteiger partial charge in [-0.15, -0.1) is 0 Å². The van der Waals surface area contributed by atoms with Crippen LogP contribution < -0.4 is 0 Å². The van der Waals surface area contributed by atoms with Crippen molar-refractivity contribution in [2.24, 2.45) is 0 Å². The zero-order valence-electron chi connectivity index (χ0n) is 5.33. The van der Waals surface area contributed by atoms with Crippen molar-refractivity contribution in [1.29, 1.82) is 0 Å². The van der Waals surface area contributed by atoms with E-state index in [-0.39, 0.29) is 0 Å². The molecule has 0 aliphatic rings. The highest BCUT2D eigenvalue weighted by Crippen LogP contribution is 2.08. The predicted octanol–water partition coefficient (Wildman–Crippen LogP) is 1.84. The van der Waals surface area contributed by atoms with Crippen molar-refractivity contribution in [1.82, 2.24) is 4.98 Å². The molecule has 0 N–H and O–H groups in total. The zero-order chi connectivity index (χ0) is 6.81. The van der Waals surface area contributed by atoms with E-state index in [0.717, 1.165) is 10.8 Å². The third kappa shape index (κ3) is 0.760. The van der Waals surface area contributed by atoms with Crippen LogP contribution in [0.25, 0.3) is 10.8 Å². The van der Waals surface area contributed by atoms with Gasteiger partial charge in [-0.2, -0.15) is 0 Å². The lowest BCUT2D eigenvalue weighted by Crippen LogP contribution is -1.73. The standard InChI is InChI=1S/C9H5N/c1-2-4-9-7-10-6-5-8(9)3-1/h1-2,4-6H. The normalized spacial score (nSPS) is 10.0. The number of benzene rings is 1. The van der Waals surface area contributed by atoms with E-state index in [1.807, 2.05) is 24.3 Å². The van der Waals surface area contributed by atoms with Crippen LogP contribution in [0.3, 0.4) is 0 Å². The first-order valence-electron chi connectivity index (χ1n) is 3.10. The van der Waals surface area contributed by atoms with Crippen LogP contribution in [0.15, 0.2) is 30.5 Å². The van der Waals surface area contributed by atoms with Gasteiger partial charge in [0.15, 0.2) is 0 Å². The average molecular weight is 127 g/mol. The van der Waals surface area contributed by atoms with Crippen LogP contribution in [0, 0.1) is 12.3 Å². The summed E-state index contributed by atoms with van der Waals surface area (Å²) in [7, 11) is 0. The number of aromatic nitrogens is 1. The summed E-state index contributed by atoms with van der Waals surface area (Å²) in [6.45, 7) is 0. The topological polar surface area (TPSA) is 12.9 Å². The van der Waals surface area contributed by atoms with Gasteiger partial charge in [-0.25, -0.2) is 0 Å². The minimum absolute atomic E-state index is 1.02. The highest BCUT2D eigenvalue weighted by atomic mass is 14.6. The van der Waals surface area contributed by atoms with E-state index in [9.17, 15) is 0 Å². The minimum atomic E-state index is 1.02. The van der Waals surface area contributed by atoms with Crippen LogP contribution in [0.2, 0.25) is 0 Å². The maximum atomic E-state index is 3.87. The summed E-state index contributed by atoms with van der Waals surface area (Å²) < 4.78 is 0. The maximum Gasteiger partial charge on any atom is 0.0970 e. The molecule has 0 atom stereocenters. The highest BCUT2D eigenvalue weighted by Gasteiger charge is 1.87. The fraction of sp³-hybridized carbons (Fsp3) is 0. The van der Waals surface area contributed by atoms with Crippen molar-refractivity contribution in [3.8, 4) is 0 Å². The third-order valence-electron chi connectivity index (χ3n) is 1.39. The van der Waals surface area contributed by atoms with Gasteiger partial charge in [0.05, 0.1) is 6.20 Å². The third-order valence-corrected chi connectivity index (χ3v) is 1.39. The largest absolute Gasteiger partial charge is 0.254 e. The second-order valence-electron chi connectivity index (χ2n) is 2.05. The molecule has 0 saturated heterocycles. The molecule has 0 unspecified atom stereocenters. The van der Waals surface area contributed by atoms with Crippen molar-refractivity contribution in [2.75, 3.05) is 0 Å². The van der Waals surface area contributed by atoms with Gasteiger partial charge in [0.25, 0.3) is 0 Å². The molecule has 0 aliphatic carbocycles. The Balaban J connectivity index is 2.89. The number of rotatable bonds is 0. The van der Waals surface area contributed by atoms with Gasteiger partial charge in [0.1, 0.15) is 0 Å². The van der Waals surface area contributed by atoms with E-state index < -0.39 is 0 Å². The number of fused-ring (bicyclic) bond motifs is 1. The molecule has 1 aromatic carbocycles. The Morgan fingerprint density at radius 2 is 2.20 bits per heavy atom. The number of nitrogens with zero attached hydrogens (tertiary/aromatic N) is 1. The van der Waals surface area contributed by atoms with E-state index in [2.05, 4.69) is 17.2 Å². The Hall–Kier alpha value is -1.37. The van der Waals surface area contributed by atoms with Gasteiger partial charge in [-0.3, -0.25) is 4.98 Å². The summed E-state index contributed by atoms with van der Waals surface area (Å²) in [6, 6.07) is 10.8. The predicted molar refractivity (Wildman–Crippen MR) is 39.4 cm³/mol. The molecule has 46 valence electrons. The monoisotopic (exact) mass is 127 g/mol. The van der Waals surface area contributed by atoms with Gasteiger partial charge in [0.2, 0.25) is 0 Å². The first kappa shape index (κ1) is 5.42. The van der Waals surface area contributed by atoms with Gasteiger partial charge >= 0.3 is 0 Å². The summed E-state index contributed by atoms with van der Waals surface area (Å²) in [5.41, 5.74) is 0. The van der Waals surface area contributed by atoms with Crippen LogP contribution >= 0.6 is 0 Å². The minimum Gasteiger partial charge on any atom is -0.254 e. The van der Waals surface area contributed by atoms with E-state index in [4.69, 9.17) is 0 Å². The van der Waals surface area contributed by atoms with E-state index >= 15 is 0 Å². The molecule has 1 aromatic heterocycles. The zero-order valence-corrected chi connectivity index (χ0v) is 5.33. The average Bonchev–Trinajstić information content (AvgIpc) is 2.05. The van der Waals surface area contributed by atoms with Gasteiger partial charge < -0.3 is 0 Å². The summed E-state index contributed by atoms with van der Waals surface area (Å²) in [5.74, 6) is 0. The molecule has 1 nitrogen and oxygen atoms in total. The summed E-state index contributed by atoms with van der Waals surface area (Å²) in [5, 5.41) is 2.09. The number of pyridine rings is 1. The maximum absolute atomic E-state index is 3.87. The molecular formula is C9H5N. The Kier molecular flexibility index (Phi) is 1.14. The van der Waals surface area contributed by atoms with Crippen LogP contribution in [-0.4, -0.2) is 4.98 Å². The second kappa shape index (κ2) is 2.10. The Labute approximate surface area is 59.3 Å². The van der Waals surface area contributed by atoms with Crippen LogP contribution in [0.4, 0.5) is 0 Å². The van der Waals surface area contributed by atoms with Crippen molar-refractivity contribution in [3.63, 3.8) is 0 Å². The Morgan fingerprint density at radius 1 is 1.20 bits per heavy atom. The lowest BCUT2D eigenvalue weighted by atomic mass is 10.2. The summed E-state index contributed by atoms with van der Waals surface area (Å²) in [4.78, 5) is 3.87. The molecule has 2 rings (SSSR count). The van der Waals surface area contributed by atoms with Crippen LogP contribution in [0.1, 0.15) is 0 Å². The smallest absolute Gasteiger partial charge is 0.0970 e. The number of hydrogen-bond donors (Lipinski definition) is 0. The quantitative estimate of drug-likeness (QED) is 0.526. The first-order chi connectivity index (χ1) is 4.97. The molecule has 0 amide bonds. The van der Waals surface area contributed by atoms with Crippen molar-refractivity contribution in [3.05, 3.63) is 42.7 Å². The van der Waals surface area contributed by atoms with E-state index in [1.54, 1.807) is 6.20 Å². The molecule has 1 heterocycles. The first-order valence-corrected chi connectivity index (χ1v) is 3.10.